The lowest BCUT2D eigenvalue weighted by atomic mass is 10.2. The van der Waals surface area contributed by atoms with Crippen molar-refractivity contribution in [3.05, 3.63) is 76.0 Å². The molecule has 0 unspecified atom stereocenters. The van der Waals surface area contributed by atoms with Gasteiger partial charge in [0.2, 0.25) is 0 Å². The Kier molecular flexibility index (Phi) is 7.75. The smallest absolute Gasteiger partial charge is 0.254 e. The number of halogens is 1. The highest BCUT2D eigenvalue weighted by Gasteiger charge is 2.17. The highest BCUT2D eigenvalue weighted by molar-refractivity contribution is 7.09. The third kappa shape index (κ3) is 6.01. The van der Waals surface area contributed by atoms with Gasteiger partial charge in [-0.3, -0.25) is 4.79 Å². The van der Waals surface area contributed by atoms with Crippen LogP contribution in [-0.2, 0) is 17.9 Å². The van der Waals surface area contributed by atoms with E-state index in [9.17, 15) is 9.18 Å². The Balaban J connectivity index is 1.62. The fourth-order valence-electron chi connectivity index (χ4n) is 2.73. The summed E-state index contributed by atoms with van der Waals surface area (Å²) in [6.45, 7) is 1.46. The van der Waals surface area contributed by atoms with E-state index in [1.807, 2.05) is 29.6 Å². The average molecular weight is 431 g/mol. The summed E-state index contributed by atoms with van der Waals surface area (Å²) in [4.78, 5) is 19.0. The molecule has 0 spiro atoms. The molecule has 0 bridgehead atoms. The van der Waals surface area contributed by atoms with Crippen molar-refractivity contribution in [3.8, 4) is 11.5 Å². The minimum atomic E-state index is -0.379. The first-order chi connectivity index (χ1) is 14.6. The number of hydrogen-bond donors (Lipinski definition) is 0. The normalized spacial score (nSPS) is 10.6. The molecule has 6 nitrogen and oxygen atoms in total. The molecule has 0 radical (unpaired) electrons. The molecule has 158 valence electrons. The Morgan fingerprint density at radius 1 is 1.07 bits per heavy atom. The van der Waals surface area contributed by atoms with Gasteiger partial charge in [0.1, 0.15) is 28.9 Å². The molecule has 1 heterocycles. The number of nitrogens with zero attached hydrogens (tertiary/aromatic N) is 2. The molecule has 2 aromatic carbocycles. The number of carbonyl (C=O) groups is 1. The summed E-state index contributed by atoms with van der Waals surface area (Å²) in [5, 5.41) is 2.71. The molecule has 1 amide bonds. The number of ether oxygens (including phenoxy) is 3. The van der Waals surface area contributed by atoms with Gasteiger partial charge in [0.15, 0.2) is 0 Å². The predicted molar refractivity (Wildman–Crippen MR) is 112 cm³/mol. The number of thiazole rings is 1. The maximum Gasteiger partial charge on any atom is 0.254 e. The summed E-state index contributed by atoms with van der Waals surface area (Å²) < 4.78 is 29.2. The Bertz CT molecular complexity index is 945. The van der Waals surface area contributed by atoms with Crippen molar-refractivity contribution in [3.63, 3.8) is 0 Å². The van der Waals surface area contributed by atoms with Gasteiger partial charge in [0.05, 0.1) is 26.0 Å². The van der Waals surface area contributed by atoms with Gasteiger partial charge in [-0.05, 0) is 48.5 Å². The van der Waals surface area contributed by atoms with Gasteiger partial charge >= 0.3 is 0 Å². The van der Waals surface area contributed by atoms with Crippen LogP contribution in [0, 0.1) is 5.82 Å². The van der Waals surface area contributed by atoms with Gasteiger partial charge in [-0.1, -0.05) is 0 Å². The third-order valence-corrected chi connectivity index (χ3v) is 5.19. The van der Waals surface area contributed by atoms with Gasteiger partial charge in [-0.25, -0.2) is 9.37 Å². The number of methoxy groups -OCH3 is 2. The summed E-state index contributed by atoms with van der Waals surface area (Å²) in [5.74, 6) is 0.911. The van der Waals surface area contributed by atoms with E-state index in [0.717, 1.165) is 22.2 Å². The second kappa shape index (κ2) is 10.7. The number of amides is 1. The van der Waals surface area contributed by atoms with Gasteiger partial charge in [-0.15, -0.1) is 11.3 Å². The summed E-state index contributed by atoms with van der Waals surface area (Å²) >= 11 is 1.47. The van der Waals surface area contributed by atoms with Crippen LogP contribution in [0.4, 0.5) is 4.39 Å². The van der Waals surface area contributed by atoms with E-state index in [1.54, 1.807) is 19.1 Å². The number of aromatic nitrogens is 1. The van der Waals surface area contributed by atoms with Crippen molar-refractivity contribution < 1.29 is 23.4 Å². The lowest BCUT2D eigenvalue weighted by molar-refractivity contribution is 0.0678. The molecule has 0 saturated carbocycles. The molecule has 0 aliphatic rings. The zero-order valence-corrected chi connectivity index (χ0v) is 17.7. The summed E-state index contributed by atoms with van der Waals surface area (Å²) in [6, 6.07) is 12.8. The highest BCUT2D eigenvalue weighted by Crippen LogP contribution is 2.20. The standard InChI is InChI=1S/C22H23FN2O4S/c1-27-12-11-25(22(26)16-3-5-17(23)6-4-16)13-18-15-30-21(24-18)14-29-20-9-7-19(28-2)8-10-20/h3-10,15H,11-14H2,1-2H3. The predicted octanol–water partition coefficient (Wildman–Crippen LogP) is 4.16. The maximum atomic E-state index is 13.2. The van der Waals surface area contributed by atoms with Crippen LogP contribution >= 0.6 is 11.3 Å². The summed E-state index contributed by atoms with van der Waals surface area (Å²) in [5.41, 5.74) is 1.19. The monoisotopic (exact) mass is 430 g/mol. The van der Waals surface area contributed by atoms with Crippen LogP contribution in [0.2, 0.25) is 0 Å². The molecule has 0 N–H and O–H groups in total. The lowest BCUT2D eigenvalue weighted by Gasteiger charge is -2.21. The van der Waals surface area contributed by atoms with E-state index < -0.39 is 0 Å². The van der Waals surface area contributed by atoms with Gasteiger partial charge in [0.25, 0.3) is 5.91 Å². The van der Waals surface area contributed by atoms with Crippen molar-refractivity contribution in [2.45, 2.75) is 13.2 Å². The molecule has 8 heteroatoms. The molecule has 3 rings (SSSR count). The second-order valence-electron chi connectivity index (χ2n) is 6.42. The van der Waals surface area contributed by atoms with E-state index in [4.69, 9.17) is 14.2 Å². The number of benzene rings is 2. The van der Waals surface area contributed by atoms with Crippen molar-refractivity contribution in [1.82, 2.24) is 9.88 Å². The minimum Gasteiger partial charge on any atom is -0.497 e. The van der Waals surface area contributed by atoms with E-state index in [1.165, 1.54) is 35.6 Å². The van der Waals surface area contributed by atoms with E-state index in [0.29, 0.717) is 31.9 Å². The fraction of sp³-hybridized carbons (Fsp3) is 0.273. The Labute approximate surface area is 178 Å². The topological polar surface area (TPSA) is 60.9 Å². The first-order valence-corrected chi connectivity index (χ1v) is 10.2. The molecule has 0 aliphatic carbocycles. The highest BCUT2D eigenvalue weighted by atomic mass is 32.1. The zero-order chi connectivity index (χ0) is 21.3. The second-order valence-corrected chi connectivity index (χ2v) is 7.37. The maximum absolute atomic E-state index is 13.2. The van der Waals surface area contributed by atoms with Crippen molar-refractivity contribution in [2.24, 2.45) is 0 Å². The van der Waals surface area contributed by atoms with Crippen molar-refractivity contribution >= 4 is 17.2 Å². The van der Waals surface area contributed by atoms with E-state index in [2.05, 4.69) is 4.98 Å². The minimum absolute atomic E-state index is 0.198. The first-order valence-electron chi connectivity index (χ1n) is 9.33. The Hall–Kier alpha value is -2.97. The lowest BCUT2D eigenvalue weighted by Crippen LogP contribution is -2.33. The number of rotatable bonds is 10. The van der Waals surface area contributed by atoms with E-state index >= 15 is 0 Å². The molecule has 3 aromatic rings. The third-order valence-electron chi connectivity index (χ3n) is 4.32. The molecule has 30 heavy (non-hydrogen) atoms. The largest absolute Gasteiger partial charge is 0.497 e. The van der Waals surface area contributed by atoms with Gasteiger partial charge in [0, 0.05) is 24.6 Å². The number of carbonyl (C=O) groups excluding carboxylic acids is 1. The molecule has 1 aromatic heterocycles. The fourth-order valence-corrected chi connectivity index (χ4v) is 3.43. The van der Waals surface area contributed by atoms with Crippen LogP contribution in [-0.4, -0.2) is 43.2 Å². The van der Waals surface area contributed by atoms with Gasteiger partial charge < -0.3 is 19.1 Å². The van der Waals surface area contributed by atoms with Gasteiger partial charge in [-0.2, -0.15) is 0 Å². The van der Waals surface area contributed by atoms with Crippen molar-refractivity contribution in [1.29, 1.82) is 0 Å². The quantitative estimate of drug-likeness (QED) is 0.483. The van der Waals surface area contributed by atoms with Crippen LogP contribution in [0.15, 0.2) is 53.9 Å². The summed E-state index contributed by atoms with van der Waals surface area (Å²) in [7, 11) is 3.20. The van der Waals surface area contributed by atoms with E-state index in [-0.39, 0.29) is 11.7 Å². The summed E-state index contributed by atoms with van der Waals surface area (Å²) in [6.07, 6.45) is 0. The zero-order valence-electron chi connectivity index (χ0n) is 16.8. The molecular weight excluding hydrogens is 407 g/mol. The van der Waals surface area contributed by atoms with Crippen molar-refractivity contribution in [2.75, 3.05) is 27.4 Å². The first kappa shape index (κ1) is 21.7. The van der Waals surface area contributed by atoms with Crippen LogP contribution in [0.25, 0.3) is 0 Å². The Morgan fingerprint density at radius 2 is 1.77 bits per heavy atom. The molecular formula is C22H23FN2O4S. The number of hydrogen-bond acceptors (Lipinski definition) is 6. The van der Waals surface area contributed by atoms with Crippen LogP contribution in [0.5, 0.6) is 11.5 Å². The molecule has 0 fully saturated rings. The SMILES string of the molecule is COCCN(Cc1csc(COc2ccc(OC)cc2)n1)C(=O)c1ccc(F)cc1. The molecule has 0 aliphatic heterocycles. The van der Waals surface area contributed by atoms with Crippen LogP contribution in [0.3, 0.4) is 0 Å². The molecule has 0 atom stereocenters. The molecule has 0 saturated heterocycles. The Morgan fingerprint density at radius 3 is 2.43 bits per heavy atom. The van der Waals surface area contributed by atoms with Crippen LogP contribution < -0.4 is 9.47 Å². The average Bonchev–Trinajstić information content (AvgIpc) is 3.23. The van der Waals surface area contributed by atoms with Crippen LogP contribution in [0.1, 0.15) is 21.1 Å².